The number of aromatic nitrogens is 3. The van der Waals surface area contributed by atoms with Crippen molar-refractivity contribution in [3.05, 3.63) is 65.9 Å². The molecular formula is C20H19ClN4O2. The summed E-state index contributed by atoms with van der Waals surface area (Å²) in [4.78, 5) is 10.1. The lowest BCUT2D eigenvalue weighted by Gasteiger charge is -2.30. The lowest BCUT2D eigenvalue weighted by molar-refractivity contribution is -0.0715. The van der Waals surface area contributed by atoms with Gasteiger partial charge in [0.05, 0.1) is 0 Å². The van der Waals surface area contributed by atoms with E-state index in [9.17, 15) is 0 Å². The highest BCUT2D eigenvalue weighted by atomic mass is 35.5. The van der Waals surface area contributed by atoms with Gasteiger partial charge in [-0.15, -0.1) is 5.10 Å². The standard InChI is InChI=1S/C20H19ClN4O2/c1-20(13-26-17-5-3-2-4-6-17)12-11-18(24-27-20)25-14-22-19(23-25)15-7-9-16(21)10-8-15/h2-10,14H,11-13H2,1H3. The predicted octanol–water partition coefficient (Wildman–Crippen LogP) is 4.41. The zero-order chi connectivity index (χ0) is 18.7. The quantitative estimate of drug-likeness (QED) is 0.670. The third kappa shape index (κ3) is 4.11. The van der Waals surface area contributed by atoms with Gasteiger partial charge >= 0.3 is 0 Å². The largest absolute Gasteiger partial charge is 0.489 e. The highest BCUT2D eigenvalue weighted by molar-refractivity contribution is 6.30. The molecule has 0 bridgehead atoms. The van der Waals surface area contributed by atoms with Crippen LogP contribution in [0.2, 0.25) is 5.02 Å². The van der Waals surface area contributed by atoms with E-state index in [1.54, 1.807) is 11.0 Å². The number of para-hydroxylation sites is 1. The fraction of sp³-hybridized carbons (Fsp3) is 0.250. The van der Waals surface area contributed by atoms with Gasteiger partial charge in [0.2, 0.25) is 0 Å². The highest BCUT2D eigenvalue weighted by Crippen LogP contribution is 2.25. The molecule has 4 rings (SSSR count). The molecule has 0 fully saturated rings. The first kappa shape index (κ1) is 17.5. The second-order valence-corrected chi connectivity index (χ2v) is 7.11. The Labute approximate surface area is 162 Å². The molecule has 3 aromatic rings. The molecule has 0 saturated carbocycles. The SMILES string of the molecule is CC1(COc2ccccc2)CCC(n2cnc(-c3ccc(Cl)cc3)n2)=NO1. The Kier molecular flexibility index (Phi) is 4.81. The molecule has 27 heavy (non-hydrogen) atoms. The molecule has 1 aliphatic rings. The number of oxime groups is 1. The van der Waals surface area contributed by atoms with Crippen LogP contribution in [0.15, 0.2) is 66.1 Å². The van der Waals surface area contributed by atoms with E-state index in [0.717, 1.165) is 30.0 Å². The van der Waals surface area contributed by atoms with E-state index in [2.05, 4.69) is 15.2 Å². The summed E-state index contributed by atoms with van der Waals surface area (Å²) in [6.45, 7) is 2.43. The Morgan fingerprint density at radius 3 is 2.63 bits per heavy atom. The summed E-state index contributed by atoms with van der Waals surface area (Å²) in [6, 6.07) is 17.1. The smallest absolute Gasteiger partial charge is 0.181 e. The summed E-state index contributed by atoms with van der Waals surface area (Å²) in [5.74, 6) is 2.16. The zero-order valence-corrected chi connectivity index (χ0v) is 15.6. The van der Waals surface area contributed by atoms with E-state index in [-0.39, 0.29) is 0 Å². The van der Waals surface area contributed by atoms with Gasteiger partial charge in [0.15, 0.2) is 17.3 Å². The van der Waals surface area contributed by atoms with Crippen molar-refractivity contribution in [2.45, 2.75) is 25.4 Å². The monoisotopic (exact) mass is 382 g/mol. The van der Waals surface area contributed by atoms with Gasteiger partial charge in [0.1, 0.15) is 18.7 Å². The second kappa shape index (κ2) is 7.40. The molecule has 0 spiro atoms. The summed E-state index contributed by atoms with van der Waals surface area (Å²) in [5, 5.41) is 9.44. The highest BCUT2D eigenvalue weighted by Gasteiger charge is 2.32. The van der Waals surface area contributed by atoms with E-state index < -0.39 is 5.60 Å². The van der Waals surface area contributed by atoms with Crippen molar-refractivity contribution in [2.75, 3.05) is 6.61 Å². The van der Waals surface area contributed by atoms with Gasteiger partial charge in [-0.3, -0.25) is 0 Å². The number of ether oxygens (including phenoxy) is 1. The number of halogens is 1. The van der Waals surface area contributed by atoms with Crippen molar-refractivity contribution in [1.29, 1.82) is 0 Å². The van der Waals surface area contributed by atoms with Gasteiger partial charge in [0.25, 0.3) is 0 Å². The number of hydrogen-bond acceptors (Lipinski definition) is 5. The molecule has 1 aliphatic heterocycles. The first-order valence-electron chi connectivity index (χ1n) is 8.72. The van der Waals surface area contributed by atoms with Crippen molar-refractivity contribution in [2.24, 2.45) is 5.16 Å². The van der Waals surface area contributed by atoms with Crippen molar-refractivity contribution in [1.82, 2.24) is 14.8 Å². The average Bonchev–Trinajstić information content (AvgIpc) is 3.19. The van der Waals surface area contributed by atoms with Gasteiger partial charge in [-0.25, -0.2) is 9.67 Å². The molecule has 2 heterocycles. The fourth-order valence-electron chi connectivity index (χ4n) is 2.76. The van der Waals surface area contributed by atoms with Crippen LogP contribution in [0.3, 0.4) is 0 Å². The van der Waals surface area contributed by atoms with Crippen LogP contribution in [-0.2, 0) is 4.84 Å². The van der Waals surface area contributed by atoms with Crippen molar-refractivity contribution in [3.63, 3.8) is 0 Å². The number of hydrogen-bond donors (Lipinski definition) is 0. The minimum atomic E-state index is -0.473. The number of nitrogens with zero attached hydrogens (tertiary/aromatic N) is 4. The Morgan fingerprint density at radius 2 is 1.93 bits per heavy atom. The predicted molar refractivity (Wildman–Crippen MR) is 104 cm³/mol. The summed E-state index contributed by atoms with van der Waals surface area (Å²) in [5.41, 5.74) is 0.426. The molecule has 0 radical (unpaired) electrons. The molecule has 6 nitrogen and oxygen atoms in total. The van der Waals surface area contributed by atoms with Crippen LogP contribution in [0.4, 0.5) is 0 Å². The Bertz CT molecular complexity index is 940. The summed E-state index contributed by atoms with van der Waals surface area (Å²) in [7, 11) is 0. The number of rotatable bonds is 4. The number of benzene rings is 2. The molecule has 1 aromatic heterocycles. The third-order valence-electron chi connectivity index (χ3n) is 4.39. The average molecular weight is 383 g/mol. The van der Waals surface area contributed by atoms with Gasteiger partial charge in [-0.2, -0.15) is 0 Å². The van der Waals surface area contributed by atoms with Crippen LogP contribution in [0.25, 0.3) is 11.4 Å². The summed E-state index contributed by atoms with van der Waals surface area (Å²) < 4.78 is 7.48. The van der Waals surface area contributed by atoms with Crippen LogP contribution >= 0.6 is 11.6 Å². The minimum Gasteiger partial charge on any atom is -0.489 e. The Hall–Kier alpha value is -2.86. The van der Waals surface area contributed by atoms with Crippen LogP contribution in [-0.4, -0.2) is 32.8 Å². The normalized spacial score (nSPS) is 19.3. The van der Waals surface area contributed by atoms with Crippen LogP contribution in [0, 0.1) is 0 Å². The van der Waals surface area contributed by atoms with Crippen LogP contribution in [0.1, 0.15) is 19.8 Å². The first-order valence-corrected chi connectivity index (χ1v) is 9.10. The molecule has 0 N–H and O–H groups in total. The minimum absolute atomic E-state index is 0.432. The molecule has 1 unspecified atom stereocenters. The molecule has 7 heteroatoms. The summed E-state index contributed by atoms with van der Waals surface area (Å²) >= 11 is 5.93. The van der Waals surface area contributed by atoms with Gasteiger partial charge in [-0.1, -0.05) is 35.0 Å². The van der Waals surface area contributed by atoms with E-state index >= 15 is 0 Å². The van der Waals surface area contributed by atoms with E-state index in [4.69, 9.17) is 21.2 Å². The second-order valence-electron chi connectivity index (χ2n) is 6.67. The molecule has 2 aromatic carbocycles. The van der Waals surface area contributed by atoms with Crippen molar-refractivity contribution >= 4 is 17.4 Å². The molecule has 138 valence electrons. The molecular weight excluding hydrogens is 364 g/mol. The van der Waals surface area contributed by atoms with Gasteiger partial charge in [0, 0.05) is 23.4 Å². The third-order valence-corrected chi connectivity index (χ3v) is 4.65. The maximum absolute atomic E-state index is 5.93. The molecule has 1 atom stereocenters. The van der Waals surface area contributed by atoms with Gasteiger partial charge < -0.3 is 9.57 Å². The van der Waals surface area contributed by atoms with E-state index in [1.165, 1.54) is 0 Å². The van der Waals surface area contributed by atoms with E-state index in [1.807, 2.05) is 61.5 Å². The van der Waals surface area contributed by atoms with Crippen LogP contribution < -0.4 is 4.74 Å². The lowest BCUT2D eigenvalue weighted by atomic mass is 10.00. The summed E-state index contributed by atoms with van der Waals surface area (Å²) in [6.07, 6.45) is 3.14. The first-order chi connectivity index (χ1) is 13.1. The fourth-order valence-corrected chi connectivity index (χ4v) is 2.88. The molecule has 0 saturated heterocycles. The van der Waals surface area contributed by atoms with Gasteiger partial charge in [-0.05, 0) is 43.3 Å². The maximum atomic E-state index is 5.93. The molecule has 0 aliphatic carbocycles. The Balaban J connectivity index is 1.42. The zero-order valence-electron chi connectivity index (χ0n) is 14.9. The lowest BCUT2D eigenvalue weighted by Crippen LogP contribution is -2.39. The maximum Gasteiger partial charge on any atom is 0.181 e. The van der Waals surface area contributed by atoms with Crippen LogP contribution in [0.5, 0.6) is 5.75 Å². The Morgan fingerprint density at radius 1 is 1.15 bits per heavy atom. The van der Waals surface area contributed by atoms with Crippen molar-refractivity contribution < 1.29 is 9.57 Å². The molecule has 0 amide bonds. The van der Waals surface area contributed by atoms with Crippen molar-refractivity contribution in [3.8, 4) is 17.1 Å². The topological polar surface area (TPSA) is 61.5 Å². The van der Waals surface area contributed by atoms with E-state index in [0.29, 0.717) is 17.5 Å².